The number of ether oxygens (including phenoxy) is 1. The zero-order valence-electron chi connectivity index (χ0n) is 11.2. The Labute approximate surface area is 117 Å². The highest BCUT2D eigenvalue weighted by atomic mass is 32.2. The molecule has 0 aliphatic heterocycles. The summed E-state index contributed by atoms with van der Waals surface area (Å²) in [5, 5.41) is 0. The molecule has 6 heteroatoms. The first-order valence-corrected chi connectivity index (χ1v) is 7.46. The highest BCUT2D eigenvalue weighted by molar-refractivity contribution is 7.90. The van der Waals surface area contributed by atoms with Gasteiger partial charge < -0.3 is 4.74 Å². The molecule has 106 valence electrons. The van der Waals surface area contributed by atoms with Gasteiger partial charge in [-0.15, -0.1) is 0 Å². The van der Waals surface area contributed by atoms with Crippen LogP contribution in [0.2, 0.25) is 0 Å². The van der Waals surface area contributed by atoms with Gasteiger partial charge in [0.25, 0.3) is 10.0 Å². The number of hydrogen-bond donors (Lipinski definition) is 0. The SMILES string of the molecule is CC(=O)OCc1ccn(S(=O)(=O)c2ccc(C)cc2)c1. The first kappa shape index (κ1) is 14.3. The van der Waals surface area contributed by atoms with Crippen molar-refractivity contribution in [3.8, 4) is 0 Å². The van der Waals surface area contributed by atoms with Gasteiger partial charge in [-0.3, -0.25) is 4.79 Å². The van der Waals surface area contributed by atoms with Gasteiger partial charge >= 0.3 is 5.97 Å². The Hall–Kier alpha value is -2.08. The van der Waals surface area contributed by atoms with Crippen LogP contribution in [0.4, 0.5) is 0 Å². The second-order valence-corrected chi connectivity index (χ2v) is 6.29. The van der Waals surface area contributed by atoms with Crippen molar-refractivity contribution in [2.45, 2.75) is 25.3 Å². The second-order valence-electron chi connectivity index (χ2n) is 4.45. The molecule has 0 unspecified atom stereocenters. The molecule has 20 heavy (non-hydrogen) atoms. The molecule has 0 spiro atoms. The summed E-state index contributed by atoms with van der Waals surface area (Å²) in [6, 6.07) is 8.23. The molecule has 2 aromatic rings. The van der Waals surface area contributed by atoms with Gasteiger partial charge in [-0.2, -0.15) is 0 Å². The minimum absolute atomic E-state index is 0.0613. The average molecular weight is 293 g/mol. The van der Waals surface area contributed by atoms with Gasteiger partial charge in [0.15, 0.2) is 0 Å². The van der Waals surface area contributed by atoms with Crippen molar-refractivity contribution in [2.24, 2.45) is 0 Å². The maximum absolute atomic E-state index is 12.4. The molecule has 0 radical (unpaired) electrons. The summed E-state index contributed by atoms with van der Waals surface area (Å²) < 4.78 is 30.7. The van der Waals surface area contributed by atoms with Gasteiger partial charge in [-0.05, 0) is 25.1 Å². The van der Waals surface area contributed by atoms with Crippen LogP contribution in [0.1, 0.15) is 18.1 Å². The van der Waals surface area contributed by atoms with E-state index >= 15 is 0 Å². The normalized spacial score (nSPS) is 11.3. The van der Waals surface area contributed by atoms with Gasteiger partial charge in [0, 0.05) is 24.9 Å². The third-order valence-corrected chi connectivity index (χ3v) is 4.42. The van der Waals surface area contributed by atoms with Gasteiger partial charge in [0.05, 0.1) is 4.90 Å². The van der Waals surface area contributed by atoms with E-state index in [-0.39, 0.29) is 11.5 Å². The van der Waals surface area contributed by atoms with E-state index in [0.717, 1.165) is 9.54 Å². The first-order chi connectivity index (χ1) is 9.39. The number of carbonyl (C=O) groups is 1. The van der Waals surface area contributed by atoms with E-state index < -0.39 is 16.0 Å². The number of carbonyl (C=O) groups excluding carboxylic acids is 1. The number of benzene rings is 1. The van der Waals surface area contributed by atoms with Crippen molar-refractivity contribution in [2.75, 3.05) is 0 Å². The predicted molar refractivity (Wildman–Crippen MR) is 73.7 cm³/mol. The topological polar surface area (TPSA) is 65.4 Å². The minimum Gasteiger partial charge on any atom is -0.461 e. The van der Waals surface area contributed by atoms with Crippen LogP contribution in [-0.2, 0) is 26.2 Å². The lowest BCUT2D eigenvalue weighted by atomic mass is 10.2. The highest BCUT2D eigenvalue weighted by Gasteiger charge is 2.16. The van der Waals surface area contributed by atoms with E-state index in [4.69, 9.17) is 4.74 Å². The fourth-order valence-electron chi connectivity index (χ4n) is 1.67. The second kappa shape index (κ2) is 5.50. The number of hydrogen-bond acceptors (Lipinski definition) is 4. The number of esters is 1. The molecular formula is C14H15NO4S. The van der Waals surface area contributed by atoms with Crippen LogP contribution in [0.5, 0.6) is 0 Å². The number of aromatic nitrogens is 1. The van der Waals surface area contributed by atoms with Crippen LogP contribution in [0.25, 0.3) is 0 Å². The summed E-state index contributed by atoms with van der Waals surface area (Å²) in [5.74, 6) is -0.404. The molecule has 0 bridgehead atoms. The number of nitrogens with zero attached hydrogens (tertiary/aromatic N) is 1. The van der Waals surface area contributed by atoms with E-state index in [9.17, 15) is 13.2 Å². The van der Waals surface area contributed by atoms with Gasteiger partial charge in [-0.1, -0.05) is 17.7 Å². The molecule has 1 heterocycles. The molecule has 0 saturated heterocycles. The summed E-state index contributed by atoms with van der Waals surface area (Å²) in [5.41, 5.74) is 1.61. The van der Waals surface area contributed by atoms with Crippen molar-refractivity contribution in [1.82, 2.24) is 3.97 Å². The number of aryl methyl sites for hydroxylation is 1. The van der Waals surface area contributed by atoms with Crippen molar-refractivity contribution >= 4 is 16.0 Å². The number of rotatable bonds is 4. The monoisotopic (exact) mass is 293 g/mol. The van der Waals surface area contributed by atoms with Crippen molar-refractivity contribution in [1.29, 1.82) is 0 Å². The van der Waals surface area contributed by atoms with Crippen molar-refractivity contribution in [3.05, 3.63) is 53.9 Å². The Balaban J connectivity index is 2.26. The van der Waals surface area contributed by atoms with E-state index in [1.165, 1.54) is 19.3 Å². The van der Waals surface area contributed by atoms with Crippen molar-refractivity contribution in [3.63, 3.8) is 0 Å². The van der Waals surface area contributed by atoms with Crippen LogP contribution in [-0.4, -0.2) is 18.4 Å². The van der Waals surface area contributed by atoms with E-state index in [1.807, 2.05) is 6.92 Å². The molecule has 5 nitrogen and oxygen atoms in total. The molecule has 0 N–H and O–H groups in total. The first-order valence-electron chi connectivity index (χ1n) is 6.02. The van der Waals surface area contributed by atoms with Gasteiger partial charge in [0.2, 0.25) is 0 Å². The third kappa shape index (κ3) is 3.08. The lowest BCUT2D eigenvalue weighted by Gasteiger charge is -2.05. The Morgan fingerprint density at radius 2 is 1.85 bits per heavy atom. The molecule has 0 saturated carbocycles. The average Bonchev–Trinajstić information content (AvgIpc) is 2.86. The molecule has 2 rings (SSSR count). The Morgan fingerprint density at radius 1 is 1.20 bits per heavy atom. The van der Waals surface area contributed by atoms with Crippen LogP contribution in [0, 0.1) is 6.92 Å². The van der Waals surface area contributed by atoms with E-state index in [1.54, 1.807) is 30.3 Å². The zero-order chi connectivity index (χ0) is 14.8. The zero-order valence-corrected chi connectivity index (χ0v) is 12.1. The Kier molecular flexibility index (Phi) is 3.94. The Morgan fingerprint density at radius 3 is 2.45 bits per heavy atom. The lowest BCUT2D eigenvalue weighted by molar-refractivity contribution is -0.142. The third-order valence-electron chi connectivity index (χ3n) is 2.77. The lowest BCUT2D eigenvalue weighted by Crippen LogP contribution is -2.10. The van der Waals surface area contributed by atoms with E-state index in [2.05, 4.69) is 0 Å². The van der Waals surface area contributed by atoms with Crippen LogP contribution < -0.4 is 0 Å². The van der Waals surface area contributed by atoms with E-state index in [0.29, 0.717) is 5.56 Å². The quantitative estimate of drug-likeness (QED) is 0.810. The molecule has 1 aromatic heterocycles. The summed E-state index contributed by atoms with van der Waals surface area (Å²) in [6.45, 7) is 3.26. The van der Waals surface area contributed by atoms with Crippen LogP contribution in [0.3, 0.4) is 0 Å². The molecule has 0 aliphatic carbocycles. The fraction of sp³-hybridized carbons (Fsp3) is 0.214. The minimum atomic E-state index is -3.60. The van der Waals surface area contributed by atoms with Crippen LogP contribution in [0.15, 0.2) is 47.6 Å². The smallest absolute Gasteiger partial charge is 0.302 e. The molecule has 0 fully saturated rings. The summed E-state index contributed by atoms with van der Waals surface area (Å²) >= 11 is 0. The Bertz CT molecular complexity index is 714. The summed E-state index contributed by atoms with van der Waals surface area (Å²) in [7, 11) is -3.60. The van der Waals surface area contributed by atoms with Crippen LogP contribution >= 0.6 is 0 Å². The molecular weight excluding hydrogens is 278 g/mol. The largest absolute Gasteiger partial charge is 0.461 e. The molecule has 0 atom stereocenters. The predicted octanol–water partition coefficient (Wildman–Crippen LogP) is 2.10. The molecule has 0 amide bonds. The fourth-order valence-corrected chi connectivity index (χ4v) is 2.89. The molecule has 1 aromatic carbocycles. The highest BCUT2D eigenvalue weighted by Crippen LogP contribution is 2.16. The maximum Gasteiger partial charge on any atom is 0.302 e. The van der Waals surface area contributed by atoms with Gasteiger partial charge in [0.1, 0.15) is 6.61 Å². The standard InChI is InChI=1S/C14H15NO4S/c1-11-3-5-14(6-4-11)20(17,18)15-8-7-13(9-15)10-19-12(2)16/h3-9H,10H2,1-2H3. The summed E-state index contributed by atoms with van der Waals surface area (Å²) in [6.07, 6.45) is 2.88. The maximum atomic E-state index is 12.4. The van der Waals surface area contributed by atoms with Gasteiger partial charge in [-0.25, -0.2) is 12.4 Å². The van der Waals surface area contributed by atoms with Crippen molar-refractivity contribution < 1.29 is 17.9 Å². The molecule has 0 aliphatic rings. The summed E-state index contributed by atoms with van der Waals surface area (Å²) in [4.78, 5) is 10.9.